The number of rotatable bonds is 4. The summed E-state index contributed by atoms with van der Waals surface area (Å²) in [4.78, 5) is 1.76. The van der Waals surface area contributed by atoms with Gasteiger partial charge in [0.05, 0.1) is 12.0 Å². The summed E-state index contributed by atoms with van der Waals surface area (Å²) >= 11 is 1.46. The minimum atomic E-state index is -0.349. The molecule has 0 fully saturated rings. The second-order valence-electron chi connectivity index (χ2n) is 4.19. The van der Waals surface area contributed by atoms with Crippen molar-refractivity contribution in [2.75, 3.05) is 7.11 Å². The van der Waals surface area contributed by atoms with Crippen molar-refractivity contribution in [3.63, 3.8) is 0 Å². The first-order chi connectivity index (χ1) is 9.13. The highest BCUT2D eigenvalue weighted by molar-refractivity contribution is 7.99. The molecule has 2 aromatic carbocycles. The highest BCUT2D eigenvalue weighted by atomic mass is 32.2. The Balaban J connectivity index is 2.41. The van der Waals surface area contributed by atoms with Crippen LogP contribution in [0.15, 0.2) is 52.3 Å². The van der Waals surface area contributed by atoms with E-state index >= 15 is 0 Å². The number of methoxy groups -OCH3 is 1. The van der Waals surface area contributed by atoms with Crippen LogP contribution in [0.2, 0.25) is 0 Å². The molecule has 100 valence electrons. The van der Waals surface area contributed by atoms with Crippen molar-refractivity contribution < 1.29 is 9.13 Å². The molecule has 4 heteroatoms. The van der Waals surface area contributed by atoms with Gasteiger partial charge in [0.1, 0.15) is 11.6 Å². The van der Waals surface area contributed by atoms with Crippen LogP contribution in [0.3, 0.4) is 0 Å². The van der Waals surface area contributed by atoms with Gasteiger partial charge in [-0.2, -0.15) is 0 Å². The van der Waals surface area contributed by atoms with Crippen molar-refractivity contribution in [2.24, 2.45) is 5.73 Å². The Labute approximate surface area is 116 Å². The average Bonchev–Trinajstić information content (AvgIpc) is 2.39. The van der Waals surface area contributed by atoms with Gasteiger partial charge in [-0.1, -0.05) is 30.0 Å². The van der Waals surface area contributed by atoms with E-state index < -0.39 is 0 Å². The van der Waals surface area contributed by atoms with Crippen molar-refractivity contribution in [3.8, 4) is 5.75 Å². The lowest BCUT2D eigenvalue weighted by Crippen LogP contribution is -2.08. The molecule has 0 amide bonds. The predicted octanol–water partition coefficient (Wildman–Crippen LogP) is 4.01. The molecule has 0 spiro atoms. The highest BCUT2D eigenvalue weighted by Gasteiger charge is 2.14. The minimum absolute atomic E-state index is 0.269. The molecule has 0 aliphatic heterocycles. The Hall–Kier alpha value is -1.52. The van der Waals surface area contributed by atoms with Gasteiger partial charge in [-0.15, -0.1) is 0 Å². The Kier molecular flexibility index (Phi) is 4.45. The Morgan fingerprint density at radius 2 is 1.79 bits per heavy atom. The lowest BCUT2D eigenvalue weighted by atomic mass is 10.1. The molecule has 2 N–H and O–H groups in total. The number of para-hydroxylation sites is 1. The standard InChI is InChI=1S/C15H16FNOS/c1-10(17)15-11(16)6-5-9-14(15)19-13-8-4-3-7-12(13)18-2/h3-10H,17H2,1-2H3. The van der Waals surface area contributed by atoms with Crippen LogP contribution in [-0.4, -0.2) is 7.11 Å². The molecule has 2 aromatic rings. The fourth-order valence-corrected chi connectivity index (χ4v) is 3.05. The monoisotopic (exact) mass is 277 g/mol. The van der Waals surface area contributed by atoms with E-state index in [0.29, 0.717) is 5.56 Å². The average molecular weight is 277 g/mol. The lowest BCUT2D eigenvalue weighted by Gasteiger charge is -2.14. The van der Waals surface area contributed by atoms with Crippen molar-refractivity contribution in [1.82, 2.24) is 0 Å². The van der Waals surface area contributed by atoms with Crippen LogP contribution < -0.4 is 10.5 Å². The van der Waals surface area contributed by atoms with Gasteiger partial charge in [-0.25, -0.2) is 4.39 Å². The Bertz CT molecular complexity index is 572. The van der Waals surface area contributed by atoms with Gasteiger partial charge in [-0.3, -0.25) is 0 Å². The number of benzene rings is 2. The van der Waals surface area contributed by atoms with Gasteiger partial charge >= 0.3 is 0 Å². The third kappa shape index (κ3) is 3.08. The lowest BCUT2D eigenvalue weighted by molar-refractivity contribution is 0.405. The van der Waals surface area contributed by atoms with Crippen LogP contribution in [-0.2, 0) is 0 Å². The fraction of sp³-hybridized carbons (Fsp3) is 0.200. The van der Waals surface area contributed by atoms with Crippen LogP contribution in [0.5, 0.6) is 5.75 Å². The normalized spacial score (nSPS) is 12.2. The van der Waals surface area contributed by atoms with Crippen LogP contribution in [0.1, 0.15) is 18.5 Å². The van der Waals surface area contributed by atoms with Crippen LogP contribution in [0.4, 0.5) is 4.39 Å². The van der Waals surface area contributed by atoms with Gasteiger partial charge in [0.2, 0.25) is 0 Å². The number of ether oxygens (including phenoxy) is 1. The summed E-state index contributed by atoms with van der Waals surface area (Å²) in [5.41, 5.74) is 6.40. The maximum Gasteiger partial charge on any atom is 0.132 e. The van der Waals surface area contributed by atoms with E-state index in [2.05, 4.69) is 0 Å². The second-order valence-corrected chi connectivity index (χ2v) is 5.28. The number of hydrogen-bond donors (Lipinski definition) is 1. The smallest absolute Gasteiger partial charge is 0.132 e. The summed E-state index contributed by atoms with van der Waals surface area (Å²) < 4.78 is 19.2. The maximum atomic E-state index is 13.9. The van der Waals surface area contributed by atoms with Crippen LogP contribution in [0, 0.1) is 5.82 Å². The molecule has 2 nitrogen and oxygen atoms in total. The molecule has 0 saturated heterocycles. The summed E-state index contributed by atoms with van der Waals surface area (Å²) in [6.45, 7) is 1.78. The summed E-state index contributed by atoms with van der Waals surface area (Å²) in [7, 11) is 1.62. The first-order valence-electron chi connectivity index (χ1n) is 5.98. The minimum Gasteiger partial charge on any atom is -0.496 e. The van der Waals surface area contributed by atoms with Crippen molar-refractivity contribution >= 4 is 11.8 Å². The van der Waals surface area contributed by atoms with E-state index in [9.17, 15) is 4.39 Å². The van der Waals surface area contributed by atoms with Crippen molar-refractivity contribution in [2.45, 2.75) is 22.8 Å². The van der Waals surface area contributed by atoms with Crippen molar-refractivity contribution in [3.05, 3.63) is 53.8 Å². The molecule has 1 atom stereocenters. The molecule has 0 heterocycles. The number of hydrogen-bond acceptors (Lipinski definition) is 3. The van der Waals surface area contributed by atoms with E-state index in [1.807, 2.05) is 30.3 Å². The van der Waals surface area contributed by atoms with Gasteiger partial charge in [0.15, 0.2) is 0 Å². The molecule has 0 aliphatic rings. The molecule has 0 aliphatic carbocycles. The molecule has 1 unspecified atom stereocenters. The first kappa shape index (κ1) is 13.9. The zero-order valence-corrected chi connectivity index (χ0v) is 11.7. The van der Waals surface area contributed by atoms with E-state index in [-0.39, 0.29) is 11.9 Å². The third-order valence-electron chi connectivity index (χ3n) is 2.76. The maximum absolute atomic E-state index is 13.9. The van der Waals surface area contributed by atoms with Gasteiger partial charge < -0.3 is 10.5 Å². The van der Waals surface area contributed by atoms with E-state index in [4.69, 9.17) is 10.5 Å². The van der Waals surface area contributed by atoms with E-state index in [0.717, 1.165) is 15.5 Å². The van der Waals surface area contributed by atoms with Crippen LogP contribution in [0.25, 0.3) is 0 Å². The Morgan fingerprint density at radius 1 is 1.11 bits per heavy atom. The summed E-state index contributed by atoms with van der Waals surface area (Å²) in [5.74, 6) is 0.502. The second kappa shape index (κ2) is 6.08. The van der Waals surface area contributed by atoms with E-state index in [1.165, 1.54) is 17.8 Å². The van der Waals surface area contributed by atoms with Crippen molar-refractivity contribution in [1.29, 1.82) is 0 Å². The molecule has 0 radical (unpaired) electrons. The molecule has 2 rings (SSSR count). The largest absolute Gasteiger partial charge is 0.496 e. The van der Waals surface area contributed by atoms with E-state index in [1.54, 1.807) is 20.1 Å². The molecule has 0 bridgehead atoms. The highest BCUT2D eigenvalue weighted by Crippen LogP contribution is 2.38. The predicted molar refractivity (Wildman–Crippen MR) is 76.1 cm³/mol. The van der Waals surface area contributed by atoms with Gasteiger partial charge in [-0.05, 0) is 31.2 Å². The number of nitrogens with two attached hydrogens (primary N) is 1. The number of halogens is 1. The molecule has 0 aromatic heterocycles. The van der Waals surface area contributed by atoms with Crippen LogP contribution >= 0.6 is 11.8 Å². The molecule has 19 heavy (non-hydrogen) atoms. The molecule has 0 saturated carbocycles. The van der Waals surface area contributed by atoms with Gasteiger partial charge in [0, 0.05) is 16.5 Å². The summed E-state index contributed by atoms with van der Waals surface area (Å²) in [6, 6.07) is 12.3. The zero-order valence-electron chi connectivity index (χ0n) is 10.9. The molecular weight excluding hydrogens is 261 g/mol. The summed E-state index contributed by atoms with van der Waals surface area (Å²) in [6.07, 6.45) is 0. The third-order valence-corrected chi connectivity index (χ3v) is 3.89. The summed E-state index contributed by atoms with van der Waals surface area (Å²) in [5, 5.41) is 0. The SMILES string of the molecule is COc1ccccc1Sc1cccc(F)c1C(C)N. The molecular formula is C15H16FNOS. The fourth-order valence-electron chi connectivity index (χ4n) is 1.87. The Morgan fingerprint density at radius 3 is 2.47 bits per heavy atom. The zero-order chi connectivity index (χ0) is 13.8. The first-order valence-corrected chi connectivity index (χ1v) is 6.80. The quantitative estimate of drug-likeness (QED) is 0.917. The topological polar surface area (TPSA) is 35.2 Å². The van der Waals surface area contributed by atoms with Gasteiger partial charge in [0.25, 0.3) is 0 Å².